The van der Waals surface area contributed by atoms with Gasteiger partial charge in [0.1, 0.15) is 0 Å². The first-order valence-corrected chi connectivity index (χ1v) is 6.36. The zero-order valence-corrected chi connectivity index (χ0v) is 10.8. The van der Waals surface area contributed by atoms with Crippen LogP contribution in [0.3, 0.4) is 0 Å². The zero-order valence-electron chi connectivity index (χ0n) is 10.0. The number of thiocarbonyl (C=S) groups is 1. The molecule has 0 unspecified atom stereocenters. The number of likely N-dealkylation sites (tertiary alicyclic amines) is 1. The number of hydrogen-bond donors (Lipinski definition) is 2. The summed E-state index contributed by atoms with van der Waals surface area (Å²) in [5.74, 6) is 0. The van der Waals surface area contributed by atoms with Crippen LogP contribution in [0.15, 0.2) is 24.3 Å². The minimum Gasteiger partial charge on any atom is -0.391 e. The minimum atomic E-state index is -0.249. The molecule has 3 nitrogen and oxygen atoms in total. The zero-order chi connectivity index (χ0) is 12.3. The topological polar surface area (TPSA) is 35.5 Å². The van der Waals surface area contributed by atoms with E-state index < -0.39 is 0 Å². The van der Waals surface area contributed by atoms with Crippen molar-refractivity contribution in [2.24, 2.45) is 0 Å². The van der Waals surface area contributed by atoms with E-state index in [1.54, 1.807) is 0 Å². The first kappa shape index (κ1) is 12.3. The van der Waals surface area contributed by atoms with Crippen LogP contribution in [0.25, 0.3) is 0 Å². The normalized spacial score (nSPS) is 20.1. The van der Waals surface area contributed by atoms with Gasteiger partial charge in [0.25, 0.3) is 0 Å². The molecule has 1 aliphatic heterocycles. The fourth-order valence-electron chi connectivity index (χ4n) is 1.98. The van der Waals surface area contributed by atoms with Crippen LogP contribution in [0.1, 0.15) is 18.4 Å². The van der Waals surface area contributed by atoms with Gasteiger partial charge >= 0.3 is 0 Å². The van der Waals surface area contributed by atoms with Crippen molar-refractivity contribution in [3.63, 3.8) is 0 Å². The second kappa shape index (κ2) is 5.47. The van der Waals surface area contributed by atoms with Crippen LogP contribution < -0.4 is 5.32 Å². The van der Waals surface area contributed by atoms with Crippen molar-refractivity contribution >= 4 is 23.0 Å². The van der Waals surface area contributed by atoms with E-state index in [1.807, 2.05) is 17.0 Å². The third-order valence-electron chi connectivity index (χ3n) is 2.99. The molecule has 1 fully saturated rings. The highest BCUT2D eigenvalue weighted by molar-refractivity contribution is 7.80. The number of aliphatic hydroxyl groups is 1. The van der Waals surface area contributed by atoms with Gasteiger partial charge in [-0.3, -0.25) is 0 Å². The van der Waals surface area contributed by atoms with E-state index in [0.717, 1.165) is 25.1 Å². The molecule has 92 valence electrons. The molecule has 0 aliphatic carbocycles. The Hall–Kier alpha value is -1.13. The summed E-state index contributed by atoms with van der Waals surface area (Å²) in [6.45, 7) is 3.62. The minimum absolute atomic E-state index is 0.249. The number of benzene rings is 1. The fourth-order valence-corrected chi connectivity index (χ4v) is 2.26. The Morgan fingerprint density at radius 1 is 1.41 bits per heavy atom. The number of nitrogens with one attached hydrogen (secondary N) is 1. The molecule has 1 aromatic carbocycles. The molecule has 0 saturated carbocycles. The lowest BCUT2D eigenvalue weighted by Gasteiger charge is -2.32. The van der Waals surface area contributed by atoms with E-state index in [2.05, 4.69) is 24.4 Å². The maximum atomic E-state index is 9.60. The number of piperidine rings is 1. The van der Waals surface area contributed by atoms with Crippen LogP contribution in [0.5, 0.6) is 0 Å². The standard InChI is InChI=1S/C13H18N2OS/c1-10-4-6-11(7-5-10)14-13(17)15-8-2-3-12(16)9-15/h4-7,12,16H,2-3,8-9H2,1H3,(H,14,17)/t12-/m0/s1. The largest absolute Gasteiger partial charge is 0.391 e. The summed E-state index contributed by atoms with van der Waals surface area (Å²) in [6.07, 6.45) is 1.63. The van der Waals surface area contributed by atoms with E-state index in [1.165, 1.54) is 5.56 Å². The summed E-state index contributed by atoms with van der Waals surface area (Å²) in [7, 11) is 0. The molecular formula is C13H18N2OS. The Kier molecular flexibility index (Phi) is 3.97. The third kappa shape index (κ3) is 3.41. The van der Waals surface area contributed by atoms with Gasteiger partial charge in [-0.1, -0.05) is 17.7 Å². The summed E-state index contributed by atoms with van der Waals surface area (Å²) in [4.78, 5) is 2.03. The maximum Gasteiger partial charge on any atom is 0.173 e. The lowest BCUT2D eigenvalue weighted by Crippen LogP contribution is -2.44. The van der Waals surface area contributed by atoms with E-state index in [4.69, 9.17) is 12.2 Å². The molecule has 1 saturated heterocycles. The van der Waals surface area contributed by atoms with Gasteiger partial charge in [-0.2, -0.15) is 0 Å². The van der Waals surface area contributed by atoms with E-state index >= 15 is 0 Å². The van der Waals surface area contributed by atoms with E-state index in [-0.39, 0.29) is 6.10 Å². The maximum absolute atomic E-state index is 9.60. The average molecular weight is 250 g/mol. The summed E-state index contributed by atoms with van der Waals surface area (Å²) in [5, 5.41) is 13.5. The van der Waals surface area contributed by atoms with Crippen LogP contribution in [0, 0.1) is 6.92 Å². The Balaban J connectivity index is 1.94. The highest BCUT2D eigenvalue weighted by atomic mass is 32.1. The van der Waals surface area contributed by atoms with Gasteiger partial charge in [-0.25, -0.2) is 0 Å². The highest BCUT2D eigenvalue weighted by Gasteiger charge is 2.19. The first-order chi connectivity index (χ1) is 8.15. The Morgan fingerprint density at radius 2 is 2.12 bits per heavy atom. The molecule has 0 bridgehead atoms. The molecule has 0 spiro atoms. The molecule has 1 heterocycles. The number of aliphatic hydroxyl groups excluding tert-OH is 1. The summed E-state index contributed by atoms with van der Waals surface area (Å²) < 4.78 is 0. The molecular weight excluding hydrogens is 232 g/mol. The van der Waals surface area contributed by atoms with Gasteiger partial charge in [-0.15, -0.1) is 0 Å². The number of β-amino-alcohol motifs (C(OH)–C–C–N with tert-alkyl or cyclic N) is 1. The second-order valence-corrected chi connectivity index (χ2v) is 4.92. The van der Waals surface area contributed by atoms with Crippen molar-refractivity contribution in [1.82, 2.24) is 4.90 Å². The second-order valence-electron chi connectivity index (χ2n) is 4.54. The van der Waals surface area contributed by atoms with Crippen molar-refractivity contribution in [3.05, 3.63) is 29.8 Å². The number of hydrogen-bond acceptors (Lipinski definition) is 2. The lowest BCUT2D eigenvalue weighted by molar-refractivity contribution is 0.104. The molecule has 2 rings (SSSR count). The number of nitrogens with zero attached hydrogens (tertiary/aromatic N) is 1. The Labute approximate surface area is 107 Å². The fraction of sp³-hybridized carbons (Fsp3) is 0.462. The third-order valence-corrected chi connectivity index (χ3v) is 3.35. The molecule has 1 aromatic rings. The van der Waals surface area contributed by atoms with Crippen molar-refractivity contribution < 1.29 is 5.11 Å². The van der Waals surface area contributed by atoms with Crippen LogP contribution in [0.4, 0.5) is 5.69 Å². The van der Waals surface area contributed by atoms with Gasteiger partial charge in [-0.05, 0) is 44.1 Å². The monoisotopic (exact) mass is 250 g/mol. The molecule has 2 N–H and O–H groups in total. The Bertz CT molecular complexity index is 391. The number of anilines is 1. The van der Waals surface area contributed by atoms with Crippen molar-refractivity contribution in [3.8, 4) is 0 Å². The molecule has 1 atom stereocenters. The molecule has 0 radical (unpaired) electrons. The van der Waals surface area contributed by atoms with Gasteiger partial charge in [0.2, 0.25) is 0 Å². The molecule has 0 amide bonds. The van der Waals surface area contributed by atoms with Gasteiger partial charge < -0.3 is 15.3 Å². The predicted octanol–water partition coefficient (Wildman–Crippen LogP) is 2.15. The van der Waals surface area contributed by atoms with Gasteiger partial charge in [0, 0.05) is 18.8 Å². The lowest BCUT2D eigenvalue weighted by atomic mass is 10.1. The summed E-state index contributed by atoms with van der Waals surface area (Å²) in [6, 6.07) is 8.13. The first-order valence-electron chi connectivity index (χ1n) is 5.96. The summed E-state index contributed by atoms with van der Waals surface area (Å²) >= 11 is 5.35. The molecule has 0 aromatic heterocycles. The van der Waals surface area contributed by atoms with E-state index in [0.29, 0.717) is 11.7 Å². The van der Waals surface area contributed by atoms with Crippen LogP contribution >= 0.6 is 12.2 Å². The van der Waals surface area contributed by atoms with Crippen molar-refractivity contribution in [2.75, 3.05) is 18.4 Å². The summed E-state index contributed by atoms with van der Waals surface area (Å²) in [5.41, 5.74) is 2.23. The van der Waals surface area contributed by atoms with Crippen molar-refractivity contribution in [1.29, 1.82) is 0 Å². The highest BCUT2D eigenvalue weighted by Crippen LogP contribution is 2.13. The van der Waals surface area contributed by atoms with Crippen LogP contribution in [0.2, 0.25) is 0 Å². The van der Waals surface area contributed by atoms with Gasteiger partial charge in [0.15, 0.2) is 5.11 Å². The SMILES string of the molecule is Cc1ccc(NC(=S)N2CCC[C@H](O)C2)cc1. The molecule has 4 heteroatoms. The predicted molar refractivity (Wildman–Crippen MR) is 74.2 cm³/mol. The average Bonchev–Trinajstić information content (AvgIpc) is 2.32. The molecule has 1 aliphatic rings. The smallest absolute Gasteiger partial charge is 0.173 e. The van der Waals surface area contributed by atoms with Gasteiger partial charge in [0.05, 0.1) is 6.10 Å². The van der Waals surface area contributed by atoms with Crippen LogP contribution in [-0.4, -0.2) is 34.3 Å². The number of rotatable bonds is 1. The Morgan fingerprint density at radius 3 is 2.76 bits per heavy atom. The number of aryl methyl sites for hydroxylation is 1. The van der Waals surface area contributed by atoms with E-state index in [9.17, 15) is 5.11 Å². The molecule has 17 heavy (non-hydrogen) atoms. The quantitative estimate of drug-likeness (QED) is 0.749. The van der Waals surface area contributed by atoms with Crippen molar-refractivity contribution in [2.45, 2.75) is 25.9 Å². The van der Waals surface area contributed by atoms with Crippen LogP contribution in [-0.2, 0) is 0 Å².